The molecule has 2 nitrogen and oxygen atoms in total. The summed E-state index contributed by atoms with van der Waals surface area (Å²) < 4.78 is 18.4. The van der Waals surface area contributed by atoms with Gasteiger partial charge in [0.15, 0.2) is 8.32 Å². The number of benzene rings is 1. The van der Waals surface area contributed by atoms with Crippen molar-refractivity contribution in [2.24, 2.45) is 0 Å². The summed E-state index contributed by atoms with van der Waals surface area (Å²) in [6.07, 6.45) is 3.23. The highest BCUT2D eigenvalue weighted by atomic mass is 32.2. The highest BCUT2D eigenvalue weighted by molar-refractivity contribution is 7.88. The van der Waals surface area contributed by atoms with Gasteiger partial charge in [-0.2, -0.15) is 0 Å². The number of unbranched alkanes of at least 4 members (excludes halogenated alkanes) is 1. The van der Waals surface area contributed by atoms with Crippen molar-refractivity contribution in [3.63, 3.8) is 0 Å². The first-order valence-corrected chi connectivity index (χ1v) is 12.2. The highest BCUT2D eigenvalue weighted by Crippen LogP contribution is 2.16. The van der Waals surface area contributed by atoms with E-state index in [2.05, 4.69) is 26.6 Å². The molecule has 0 amide bonds. The van der Waals surface area contributed by atoms with Gasteiger partial charge < -0.3 is 4.43 Å². The zero-order valence-electron chi connectivity index (χ0n) is 13.9. The van der Waals surface area contributed by atoms with Crippen LogP contribution in [0.5, 0.6) is 0 Å². The van der Waals surface area contributed by atoms with Gasteiger partial charge in [-0.15, -0.1) is 0 Å². The van der Waals surface area contributed by atoms with E-state index in [1.165, 1.54) is 5.56 Å². The van der Waals surface area contributed by atoms with Gasteiger partial charge in [-0.3, -0.25) is 0 Å². The van der Waals surface area contributed by atoms with Gasteiger partial charge >= 0.3 is 0 Å². The standard InChI is InChI=1S/C17H28O2SSi/c1-6-7-8-16(13-19-21(3,4)5)14-20(18)17-11-9-15(2)10-12-17/h9-12,14H,6-8,13H2,1-5H3/b16-14+/t20-/m1/s1. The molecule has 1 aromatic carbocycles. The van der Waals surface area contributed by atoms with E-state index in [0.29, 0.717) is 6.61 Å². The van der Waals surface area contributed by atoms with Crippen molar-refractivity contribution < 1.29 is 8.63 Å². The van der Waals surface area contributed by atoms with Gasteiger partial charge in [0, 0.05) is 10.3 Å². The van der Waals surface area contributed by atoms with Gasteiger partial charge in [0.25, 0.3) is 0 Å². The van der Waals surface area contributed by atoms with Gasteiger partial charge in [0.2, 0.25) is 0 Å². The number of rotatable bonds is 8. The summed E-state index contributed by atoms with van der Waals surface area (Å²) >= 11 is 0. The molecule has 1 atom stereocenters. The summed E-state index contributed by atoms with van der Waals surface area (Å²) in [5.74, 6) is 0. The van der Waals surface area contributed by atoms with Crippen LogP contribution in [0.25, 0.3) is 0 Å². The van der Waals surface area contributed by atoms with E-state index in [1.54, 1.807) is 0 Å². The Balaban J connectivity index is 2.80. The molecule has 0 fully saturated rings. The number of aryl methyl sites for hydroxylation is 1. The maximum Gasteiger partial charge on any atom is 0.184 e. The van der Waals surface area contributed by atoms with Crippen LogP contribution in [0.3, 0.4) is 0 Å². The van der Waals surface area contributed by atoms with E-state index in [0.717, 1.165) is 29.7 Å². The fourth-order valence-electron chi connectivity index (χ4n) is 1.77. The molecule has 0 bridgehead atoms. The van der Waals surface area contributed by atoms with Crippen molar-refractivity contribution in [2.45, 2.75) is 57.6 Å². The Hall–Kier alpha value is -0.713. The van der Waals surface area contributed by atoms with Gasteiger partial charge in [0.05, 0.1) is 17.4 Å². The van der Waals surface area contributed by atoms with E-state index in [9.17, 15) is 4.21 Å². The molecule has 21 heavy (non-hydrogen) atoms. The van der Waals surface area contributed by atoms with Crippen LogP contribution in [0.1, 0.15) is 31.7 Å². The van der Waals surface area contributed by atoms with Crippen LogP contribution in [0.2, 0.25) is 19.6 Å². The summed E-state index contributed by atoms with van der Waals surface area (Å²) in [4.78, 5) is 0.864. The first kappa shape index (κ1) is 18.3. The molecular formula is C17H28O2SSi. The Bertz CT molecular complexity index is 487. The van der Waals surface area contributed by atoms with E-state index in [1.807, 2.05) is 36.6 Å². The third-order valence-corrected chi connectivity index (χ3v) is 5.36. The topological polar surface area (TPSA) is 26.3 Å². The highest BCUT2D eigenvalue weighted by Gasteiger charge is 2.15. The van der Waals surface area contributed by atoms with Crippen molar-refractivity contribution in [2.75, 3.05) is 6.61 Å². The van der Waals surface area contributed by atoms with E-state index in [4.69, 9.17) is 4.43 Å². The van der Waals surface area contributed by atoms with Crippen LogP contribution < -0.4 is 0 Å². The smallest absolute Gasteiger partial charge is 0.184 e. The first-order valence-electron chi connectivity index (χ1n) is 7.62. The Labute approximate surface area is 133 Å². The lowest BCUT2D eigenvalue weighted by Gasteiger charge is -2.18. The maximum atomic E-state index is 12.4. The lowest BCUT2D eigenvalue weighted by atomic mass is 10.1. The van der Waals surface area contributed by atoms with Crippen LogP contribution >= 0.6 is 0 Å². The summed E-state index contributed by atoms with van der Waals surface area (Å²) in [7, 11) is -2.62. The van der Waals surface area contributed by atoms with Gasteiger partial charge in [-0.25, -0.2) is 4.21 Å². The number of hydrogen-bond acceptors (Lipinski definition) is 2. The molecule has 0 unspecified atom stereocenters. The number of hydrogen-bond donors (Lipinski definition) is 0. The normalized spacial score (nSPS) is 14.2. The second kappa shape index (κ2) is 8.66. The summed E-state index contributed by atoms with van der Waals surface area (Å²) in [5, 5.41) is 1.89. The molecule has 0 aliphatic rings. The molecule has 1 rings (SSSR count). The fraction of sp³-hybridized carbons (Fsp3) is 0.529. The third-order valence-electron chi connectivity index (χ3n) is 3.07. The van der Waals surface area contributed by atoms with Gasteiger partial charge in [-0.05, 0) is 57.1 Å². The van der Waals surface area contributed by atoms with Crippen LogP contribution in [-0.4, -0.2) is 19.1 Å². The predicted octanol–water partition coefficient (Wildman–Crippen LogP) is 5.03. The molecule has 118 valence electrons. The second-order valence-corrected chi connectivity index (χ2v) is 12.2. The van der Waals surface area contributed by atoms with E-state index >= 15 is 0 Å². The molecule has 0 N–H and O–H groups in total. The zero-order valence-corrected chi connectivity index (χ0v) is 15.8. The largest absolute Gasteiger partial charge is 0.414 e. The maximum absolute atomic E-state index is 12.4. The van der Waals surface area contributed by atoms with Crippen molar-refractivity contribution in [3.05, 3.63) is 40.8 Å². The predicted molar refractivity (Wildman–Crippen MR) is 94.5 cm³/mol. The van der Waals surface area contributed by atoms with Crippen LogP contribution in [0, 0.1) is 6.92 Å². The minimum absolute atomic E-state index is 0.618. The Kier molecular flexibility index (Phi) is 7.56. The summed E-state index contributed by atoms with van der Waals surface area (Å²) in [6, 6.07) is 7.90. The molecule has 1 aromatic rings. The summed E-state index contributed by atoms with van der Waals surface area (Å²) in [5.41, 5.74) is 2.35. The SMILES string of the molecule is CCCC/C(=C\[S@@](=O)c1ccc(C)cc1)CO[Si](C)(C)C. The third kappa shape index (κ3) is 7.74. The molecule has 0 radical (unpaired) electrons. The monoisotopic (exact) mass is 324 g/mol. The lowest BCUT2D eigenvalue weighted by Crippen LogP contribution is -2.26. The van der Waals surface area contributed by atoms with Crippen LogP contribution in [0.15, 0.2) is 40.1 Å². The Morgan fingerprint density at radius 1 is 1.24 bits per heavy atom. The van der Waals surface area contributed by atoms with Crippen molar-refractivity contribution >= 4 is 19.1 Å². The Morgan fingerprint density at radius 2 is 1.86 bits per heavy atom. The molecule has 0 aliphatic carbocycles. The minimum Gasteiger partial charge on any atom is -0.414 e. The zero-order chi connectivity index (χ0) is 15.9. The molecule has 0 spiro atoms. The molecule has 0 aliphatic heterocycles. The molecule has 0 heterocycles. The van der Waals surface area contributed by atoms with Crippen molar-refractivity contribution in [1.29, 1.82) is 0 Å². The van der Waals surface area contributed by atoms with Crippen LogP contribution in [-0.2, 0) is 15.2 Å². The molecule has 0 saturated heterocycles. The average molecular weight is 325 g/mol. The molecule has 0 aromatic heterocycles. The van der Waals surface area contributed by atoms with Gasteiger partial charge in [0.1, 0.15) is 0 Å². The van der Waals surface area contributed by atoms with E-state index < -0.39 is 19.1 Å². The molecule has 4 heteroatoms. The van der Waals surface area contributed by atoms with E-state index in [-0.39, 0.29) is 0 Å². The fourth-order valence-corrected chi connectivity index (χ4v) is 3.42. The van der Waals surface area contributed by atoms with Crippen molar-refractivity contribution in [1.82, 2.24) is 0 Å². The minimum atomic E-state index is -1.54. The first-order chi connectivity index (χ1) is 9.81. The second-order valence-electron chi connectivity index (χ2n) is 6.39. The quantitative estimate of drug-likeness (QED) is 0.627. The van der Waals surface area contributed by atoms with Crippen molar-refractivity contribution in [3.8, 4) is 0 Å². The lowest BCUT2D eigenvalue weighted by molar-refractivity contribution is 0.341. The average Bonchev–Trinajstić information content (AvgIpc) is 2.41. The molecular weight excluding hydrogens is 296 g/mol. The Morgan fingerprint density at radius 3 is 2.38 bits per heavy atom. The summed E-state index contributed by atoms with van der Waals surface area (Å²) in [6.45, 7) is 11.4. The van der Waals surface area contributed by atoms with Gasteiger partial charge in [-0.1, -0.05) is 31.0 Å². The van der Waals surface area contributed by atoms with Crippen LogP contribution in [0.4, 0.5) is 0 Å². The molecule has 0 saturated carbocycles.